The van der Waals surface area contributed by atoms with Crippen LogP contribution in [0.4, 0.5) is 0 Å². The van der Waals surface area contributed by atoms with Crippen molar-refractivity contribution in [3.63, 3.8) is 0 Å². The minimum absolute atomic E-state index is 0.379. The maximum Gasteiger partial charge on any atom is 0.155 e. The fraction of sp³-hybridized carbons (Fsp3) is 0.333. The molecular weight excluding hydrogens is 312 g/mol. The smallest absolute Gasteiger partial charge is 0.155 e. The summed E-state index contributed by atoms with van der Waals surface area (Å²) >= 11 is 8.19. The highest BCUT2D eigenvalue weighted by atomic mass is 127. The zero-order valence-corrected chi connectivity index (χ0v) is 10.7. The van der Waals surface area contributed by atoms with Gasteiger partial charge >= 0.3 is 0 Å². The summed E-state index contributed by atoms with van der Waals surface area (Å²) in [5, 5.41) is 0.510. The molecule has 0 radical (unpaired) electrons. The Balaban J connectivity index is 2.84. The van der Waals surface area contributed by atoms with Gasteiger partial charge < -0.3 is 0 Å². The quantitative estimate of drug-likeness (QED) is 0.756. The fourth-order valence-electron chi connectivity index (χ4n) is 1.39. The van der Waals surface area contributed by atoms with Gasteiger partial charge in [0.05, 0.1) is 0 Å². The van der Waals surface area contributed by atoms with Crippen LogP contribution in [0.5, 0.6) is 0 Å². The third kappa shape index (κ3) is 1.50. The summed E-state index contributed by atoms with van der Waals surface area (Å²) < 4.78 is 2.91. The summed E-state index contributed by atoms with van der Waals surface area (Å²) in [7, 11) is 0. The molecule has 5 heteroatoms. The van der Waals surface area contributed by atoms with Crippen LogP contribution in [0.25, 0.3) is 5.52 Å². The van der Waals surface area contributed by atoms with Crippen LogP contribution in [-0.2, 0) is 0 Å². The summed E-state index contributed by atoms with van der Waals surface area (Å²) in [5.41, 5.74) is 0.901. The molecule has 0 aromatic carbocycles. The maximum atomic E-state index is 6.00. The van der Waals surface area contributed by atoms with E-state index < -0.39 is 0 Å². The first kappa shape index (κ1) is 10.2. The molecule has 14 heavy (non-hydrogen) atoms. The lowest BCUT2D eigenvalue weighted by atomic mass is 10.2. The van der Waals surface area contributed by atoms with Gasteiger partial charge in [-0.15, -0.1) is 0 Å². The van der Waals surface area contributed by atoms with Crippen molar-refractivity contribution in [3.8, 4) is 0 Å². The summed E-state index contributed by atoms with van der Waals surface area (Å²) in [6.07, 6.45) is 3.59. The average molecular weight is 322 g/mol. The monoisotopic (exact) mass is 321 g/mol. The second-order valence-corrected chi connectivity index (χ2v) is 4.73. The van der Waals surface area contributed by atoms with E-state index in [4.69, 9.17) is 11.6 Å². The topological polar surface area (TPSA) is 30.2 Å². The highest BCUT2D eigenvalue weighted by Gasteiger charge is 2.14. The van der Waals surface area contributed by atoms with Crippen molar-refractivity contribution in [3.05, 3.63) is 27.1 Å². The van der Waals surface area contributed by atoms with Gasteiger partial charge in [0.1, 0.15) is 15.0 Å². The second kappa shape index (κ2) is 3.66. The molecule has 0 atom stereocenters. The molecule has 0 aliphatic heterocycles. The lowest BCUT2D eigenvalue weighted by Crippen LogP contribution is -1.96. The molecule has 0 aliphatic carbocycles. The average Bonchev–Trinajstić information content (AvgIpc) is 2.45. The number of nitrogens with zero attached hydrogens (tertiary/aromatic N) is 3. The molecule has 2 aromatic rings. The number of fused-ring (bicyclic) bond motifs is 1. The third-order valence-electron chi connectivity index (χ3n) is 2.01. The minimum Gasteiger partial charge on any atom is -0.298 e. The number of hydrogen-bond donors (Lipinski definition) is 0. The summed E-state index contributed by atoms with van der Waals surface area (Å²) in [5.74, 6) is 1.40. The number of imidazole rings is 1. The molecule has 74 valence electrons. The number of aromatic nitrogens is 3. The van der Waals surface area contributed by atoms with Crippen molar-refractivity contribution in [2.24, 2.45) is 0 Å². The van der Waals surface area contributed by atoms with E-state index in [9.17, 15) is 0 Å². The van der Waals surface area contributed by atoms with Crippen molar-refractivity contribution in [1.82, 2.24) is 14.4 Å². The van der Waals surface area contributed by atoms with Gasteiger partial charge in [0.2, 0.25) is 0 Å². The van der Waals surface area contributed by atoms with Gasteiger partial charge in [0.15, 0.2) is 5.15 Å². The summed E-state index contributed by atoms with van der Waals surface area (Å²) in [4.78, 5) is 8.52. The third-order valence-corrected chi connectivity index (χ3v) is 3.04. The van der Waals surface area contributed by atoms with E-state index in [-0.39, 0.29) is 0 Å². The number of halogens is 2. The highest BCUT2D eigenvalue weighted by molar-refractivity contribution is 14.1. The molecule has 2 aromatic heterocycles. The summed E-state index contributed by atoms with van der Waals surface area (Å²) in [6, 6.07) is 0. The van der Waals surface area contributed by atoms with E-state index in [1.165, 1.54) is 0 Å². The Kier molecular flexibility index (Phi) is 2.66. The predicted octanol–water partition coefficient (Wildman–Crippen LogP) is 3.11. The Morgan fingerprint density at radius 1 is 1.50 bits per heavy atom. The van der Waals surface area contributed by atoms with Crippen LogP contribution < -0.4 is 0 Å². The van der Waals surface area contributed by atoms with Crippen LogP contribution in [0.3, 0.4) is 0 Å². The van der Waals surface area contributed by atoms with Crippen LogP contribution in [0, 0.1) is 3.70 Å². The predicted molar refractivity (Wildman–Crippen MR) is 64.8 cm³/mol. The lowest BCUT2D eigenvalue weighted by molar-refractivity contribution is 0.767. The van der Waals surface area contributed by atoms with E-state index in [0.717, 1.165) is 15.0 Å². The van der Waals surface area contributed by atoms with Gasteiger partial charge in [0.25, 0.3) is 0 Å². The molecule has 0 saturated carbocycles. The van der Waals surface area contributed by atoms with Gasteiger partial charge in [-0.25, -0.2) is 9.97 Å². The Hall–Kier alpha value is -0.360. The minimum atomic E-state index is 0.379. The van der Waals surface area contributed by atoms with Crippen molar-refractivity contribution < 1.29 is 0 Å². The molecule has 0 amide bonds. The standard InChI is InChI=1S/C9H9ClIN3/c1-5(2)9-13-8(11)6-7(10)12-3-4-14(6)9/h3-5H,1-2H3. The molecule has 0 N–H and O–H groups in total. The Labute approximate surface area is 101 Å². The Morgan fingerprint density at radius 2 is 2.21 bits per heavy atom. The van der Waals surface area contributed by atoms with Crippen molar-refractivity contribution in [2.75, 3.05) is 0 Å². The number of rotatable bonds is 1. The van der Waals surface area contributed by atoms with Gasteiger partial charge in [-0.05, 0) is 22.6 Å². The highest BCUT2D eigenvalue weighted by Crippen LogP contribution is 2.24. The van der Waals surface area contributed by atoms with Gasteiger partial charge in [-0.1, -0.05) is 25.4 Å². The van der Waals surface area contributed by atoms with E-state index >= 15 is 0 Å². The number of hydrogen-bond acceptors (Lipinski definition) is 2. The molecule has 2 rings (SSSR count). The molecule has 3 nitrogen and oxygen atoms in total. The summed E-state index contributed by atoms with van der Waals surface area (Å²) in [6.45, 7) is 4.22. The largest absolute Gasteiger partial charge is 0.298 e. The van der Waals surface area contributed by atoms with Crippen molar-refractivity contribution in [2.45, 2.75) is 19.8 Å². The molecule has 0 spiro atoms. The van der Waals surface area contributed by atoms with E-state index in [2.05, 4.69) is 46.4 Å². The van der Waals surface area contributed by atoms with Gasteiger partial charge in [0, 0.05) is 18.3 Å². The SMILES string of the molecule is CC(C)c1nc(I)c2c(Cl)nccn12. The van der Waals surface area contributed by atoms with Crippen molar-refractivity contribution in [1.29, 1.82) is 0 Å². The van der Waals surface area contributed by atoms with Crippen LogP contribution >= 0.6 is 34.2 Å². The molecule has 0 saturated heterocycles. The second-order valence-electron chi connectivity index (χ2n) is 3.35. The fourth-order valence-corrected chi connectivity index (χ4v) is 2.55. The first-order chi connectivity index (χ1) is 6.61. The van der Waals surface area contributed by atoms with E-state index in [0.29, 0.717) is 11.1 Å². The van der Waals surface area contributed by atoms with E-state index in [1.807, 2.05) is 10.6 Å². The maximum absolute atomic E-state index is 6.00. The zero-order valence-electron chi connectivity index (χ0n) is 7.83. The van der Waals surface area contributed by atoms with Gasteiger partial charge in [-0.3, -0.25) is 4.40 Å². The Morgan fingerprint density at radius 3 is 2.86 bits per heavy atom. The van der Waals surface area contributed by atoms with Crippen LogP contribution in [-0.4, -0.2) is 14.4 Å². The van der Waals surface area contributed by atoms with Crippen LogP contribution in [0.1, 0.15) is 25.6 Å². The van der Waals surface area contributed by atoms with E-state index in [1.54, 1.807) is 6.20 Å². The first-order valence-electron chi connectivity index (χ1n) is 4.29. The zero-order chi connectivity index (χ0) is 10.3. The Bertz CT molecular complexity index is 478. The molecule has 0 aliphatic rings. The van der Waals surface area contributed by atoms with Crippen LogP contribution in [0.2, 0.25) is 5.15 Å². The lowest BCUT2D eigenvalue weighted by Gasteiger charge is -2.03. The normalized spacial score (nSPS) is 11.5. The first-order valence-corrected chi connectivity index (χ1v) is 5.75. The van der Waals surface area contributed by atoms with Crippen molar-refractivity contribution >= 4 is 39.7 Å². The molecular formula is C9H9ClIN3. The van der Waals surface area contributed by atoms with Gasteiger partial charge in [-0.2, -0.15) is 0 Å². The molecule has 0 unspecified atom stereocenters. The van der Waals surface area contributed by atoms with Crippen LogP contribution in [0.15, 0.2) is 12.4 Å². The molecule has 0 bridgehead atoms. The molecule has 2 heterocycles. The molecule has 0 fully saturated rings.